The Morgan fingerprint density at radius 2 is 2.35 bits per heavy atom. The summed E-state index contributed by atoms with van der Waals surface area (Å²) < 4.78 is 5.87. The molecule has 1 aromatic rings. The second-order valence-corrected chi connectivity index (χ2v) is 8.04. The highest BCUT2D eigenvalue weighted by atomic mass is 127. The number of thiophene rings is 1. The Morgan fingerprint density at radius 3 is 3.08 bits per heavy atom. The second-order valence-electron chi connectivity index (χ2n) is 7.04. The van der Waals surface area contributed by atoms with Crippen molar-refractivity contribution < 1.29 is 9.53 Å². The predicted octanol–water partition coefficient (Wildman–Crippen LogP) is 2.13. The average Bonchev–Trinajstić information content (AvgIpc) is 3.36. The predicted molar refractivity (Wildman–Crippen MR) is 114 cm³/mol. The monoisotopic (exact) mass is 490 g/mol. The Hall–Kier alpha value is -0.870. The van der Waals surface area contributed by atoms with Crippen LogP contribution in [0.5, 0.6) is 0 Å². The van der Waals surface area contributed by atoms with Gasteiger partial charge in [0.2, 0.25) is 5.91 Å². The van der Waals surface area contributed by atoms with Crippen LogP contribution in [0, 0.1) is 0 Å². The lowest BCUT2D eigenvalue weighted by Crippen LogP contribution is -2.48. The minimum Gasteiger partial charge on any atom is -0.373 e. The van der Waals surface area contributed by atoms with E-state index in [1.165, 1.54) is 16.9 Å². The van der Waals surface area contributed by atoms with Crippen LogP contribution in [0.15, 0.2) is 16.4 Å². The highest BCUT2D eigenvalue weighted by molar-refractivity contribution is 14.0. The van der Waals surface area contributed by atoms with E-state index in [0.717, 1.165) is 38.3 Å². The number of amides is 1. The van der Waals surface area contributed by atoms with E-state index in [0.29, 0.717) is 31.2 Å². The summed E-state index contributed by atoms with van der Waals surface area (Å²) in [5.41, 5.74) is 1.31. The van der Waals surface area contributed by atoms with Gasteiger partial charge in [-0.25, -0.2) is 0 Å². The molecular weight excluding hydrogens is 463 g/mol. The standard InChI is InChI=1S/C18H26N4O2S.HI/c1-19-18(21-14-10-13-2-3-15(14)24-13)20-7-4-17(23)22-8-5-16-12(11-22)6-9-25-16;/h6,9,13-15H,2-5,7-8,10-11H2,1H3,(H2,19,20,21);1H. The zero-order chi connectivity index (χ0) is 17.2. The summed E-state index contributed by atoms with van der Waals surface area (Å²) >= 11 is 1.80. The molecule has 3 aliphatic rings. The zero-order valence-corrected chi connectivity index (χ0v) is 18.2. The summed E-state index contributed by atoms with van der Waals surface area (Å²) in [5, 5.41) is 8.85. The van der Waals surface area contributed by atoms with Crippen molar-refractivity contribution in [3.63, 3.8) is 0 Å². The number of carbonyl (C=O) groups excluding carboxylic acids is 1. The van der Waals surface area contributed by atoms with Crippen LogP contribution in [0.4, 0.5) is 0 Å². The molecule has 0 spiro atoms. The van der Waals surface area contributed by atoms with Gasteiger partial charge in [0, 0.05) is 38.0 Å². The molecule has 2 N–H and O–H groups in total. The van der Waals surface area contributed by atoms with Gasteiger partial charge in [0.1, 0.15) is 0 Å². The SMILES string of the molecule is CN=C(NCCC(=O)N1CCc2sccc2C1)NC1CC2CCC1O2.I. The van der Waals surface area contributed by atoms with E-state index in [9.17, 15) is 4.79 Å². The molecular formula is C18H27IN4O2S. The number of nitrogens with zero attached hydrogens (tertiary/aromatic N) is 2. The molecule has 1 amide bonds. The zero-order valence-electron chi connectivity index (χ0n) is 15.1. The molecule has 8 heteroatoms. The van der Waals surface area contributed by atoms with Crippen LogP contribution in [-0.2, 0) is 22.5 Å². The molecule has 1 aromatic heterocycles. The summed E-state index contributed by atoms with van der Waals surface area (Å²) in [5.74, 6) is 0.982. The van der Waals surface area contributed by atoms with Crippen molar-refractivity contribution in [2.24, 2.45) is 4.99 Å². The molecule has 0 saturated carbocycles. The molecule has 4 heterocycles. The van der Waals surface area contributed by atoms with Gasteiger partial charge in [-0.15, -0.1) is 35.3 Å². The third-order valence-corrected chi connectivity index (χ3v) is 6.47. The van der Waals surface area contributed by atoms with Crippen LogP contribution in [0.3, 0.4) is 0 Å². The lowest BCUT2D eigenvalue weighted by atomic mass is 9.96. The van der Waals surface area contributed by atoms with Crippen molar-refractivity contribution in [3.05, 3.63) is 21.9 Å². The van der Waals surface area contributed by atoms with Crippen molar-refractivity contribution in [2.45, 2.75) is 56.9 Å². The van der Waals surface area contributed by atoms with Crippen LogP contribution in [0.2, 0.25) is 0 Å². The maximum absolute atomic E-state index is 12.5. The molecule has 6 nitrogen and oxygen atoms in total. The fourth-order valence-electron chi connectivity index (χ4n) is 4.07. The number of hydrogen-bond acceptors (Lipinski definition) is 4. The number of rotatable bonds is 4. The summed E-state index contributed by atoms with van der Waals surface area (Å²) in [6.45, 7) is 2.20. The van der Waals surface area contributed by atoms with E-state index >= 15 is 0 Å². The second kappa shape index (κ2) is 8.88. The first-order valence-electron chi connectivity index (χ1n) is 9.18. The first-order chi connectivity index (χ1) is 12.2. The number of carbonyl (C=O) groups is 1. The van der Waals surface area contributed by atoms with Gasteiger partial charge in [0.05, 0.1) is 18.2 Å². The topological polar surface area (TPSA) is 66.0 Å². The number of aliphatic imine (C=N–C) groups is 1. The first kappa shape index (κ1) is 19.9. The molecule has 2 fully saturated rings. The van der Waals surface area contributed by atoms with Crippen LogP contribution < -0.4 is 10.6 Å². The van der Waals surface area contributed by atoms with E-state index in [4.69, 9.17) is 4.74 Å². The first-order valence-corrected chi connectivity index (χ1v) is 10.1. The van der Waals surface area contributed by atoms with E-state index in [-0.39, 0.29) is 29.9 Å². The molecule has 3 unspecified atom stereocenters. The number of nitrogens with one attached hydrogen (secondary N) is 2. The van der Waals surface area contributed by atoms with Gasteiger partial charge in [-0.1, -0.05) is 0 Å². The molecule has 3 atom stereocenters. The number of guanidine groups is 1. The van der Waals surface area contributed by atoms with E-state index < -0.39 is 0 Å². The third kappa shape index (κ3) is 4.33. The minimum atomic E-state index is 0. The smallest absolute Gasteiger partial charge is 0.224 e. The third-order valence-electron chi connectivity index (χ3n) is 5.44. The number of fused-ring (bicyclic) bond motifs is 3. The highest BCUT2D eigenvalue weighted by Gasteiger charge is 2.41. The molecule has 0 aliphatic carbocycles. The Morgan fingerprint density at radius 1 is 1.46 bits per heavy atom. The van der Waals surface area contributed by atoms with Gasteiger partial charge in [0.15, 0.2) is 5.96 Å². The fraction of sp³-hybridized carbons (Fsp3) is 0.667. The number of hydrogen-bond donors (Lipinski definition) is 2. The van der Waals surface area contributed by atoms with Gasteiger partial charge in [-0.2, -0.15) is 0 Å². The molecule has 144 valence electrons. The van der Waals surface area contributed by atoms with Gasteiger partial charge in [-0.05, 0) is 42.7 Å². The molecule has 26 heavy (non-hydrogen) atoms. The number of halogens is 1. The Kier molecular flexibility index (Phi) is 6.79. The van der Waals surface area contributed by atoms with Gasteiger partial charge >= 0.3 is 0 Å². The van der Waals surface area contributed by atoms with E-state index in [1.54, 1.807) is 18.4 Å². The van der Waals surface area contributed by atoms with Crippen molar-refractivity contribution in [1.29, 1.82) is 0 Å². The summed E-state index contributed by atoms with van der Waals surface area (Å²) in [4.78, 5) is 20.1. The molecule has 2 bridgehead atoms. The Labute approximate surface area is 175 Å². The Balaban J connectivity index is 0.00000196. The summed E-state index contributed by atoms with van der Waals surface area (Å²) in [6, 6.07) is 2.49. The average molecular weight is 490 g/mol. The van der Waals surface area contributed by atoms with Crippen LogP contribution in [-0.4, -0.2) is 55.2 Å². The minimum absolute atomic E-state index is 0. The van der Waals surface area contributed by atoms with Crippen molar-refractivity contribution in [1.82, 2.24) is 15.5 Å². The normalized spacial score (nSPS) is 27.0. The lowest BCUT2D eigenvalue weighted by Gasteiger charge is -2.27. The maximum atomic E-state index is 12.5. The van der Waals surface area contributed by atoms with E-state index in [1.807, 2.05) is 4.90 Å². The largest absolute Gasteiger partial charge is 0.373 e. The quantitative estimate of drug-likeness (QED) is 0.386. The summed E-state index contributed by atoms with van der Waals surface area (Å²) in [6.07, 6.45) is 5.60. The molecule has 4 rings (SSSR count). The van der Waals surface area contributed by atoms with Gasteiger partial charge < -0.3 is 20.3 Å². The van der Waals surface area contributed by atoms with Gasteiger partial charge in [0.25, 0.3) is 0 Å². The van der Waals surface area contributed by atoms with Crippen molar-refractivity contribution in [3.8, 4) is 0 Å². The maximum Gasteiger partial charge on any atom is 0.224 e. The molecule has 2 saturated heterocycles. The molecule has 0 aromatic carbocycles. The fourth-order valence-corrected chi connectivity index (χ4v) is 4.96. The van der Waals surface area contributed by atoms with Crippen LogP contribution >= 0.6 is 35.3 Å². The number of ether oxygens (including phenoxy) is 1. The molecule has 0 radical (unpaired) electrons. The van der Waals surface area contributed by atoms with Crippen molar-refractivity contribution >= 4 is 47.2 Å². The van der Waals surface area contributed by atoms with Crippen molar-refractivity contribution in [2.75, 3.05) is 20.1 Å². The highest BCUT2D eigenvalue weighted by Crippen LogP contribution is 2.34. The van der Waals surface area contributed by atoms with Gasteiger partial charge in [-0.3, -0.25) is 9.79 Å². The van der Waals surface area contributed by atoms with Crippen LogP contribution in [0.1, 0.15) is 36.1 Å². The molecule has 3 aliphatic heterocycles. The van der Waals surface area contributed by atoms with E-state index in [2.05, 4.69) is 27.1 Å². The lowest BCUT2D eigenvalue weighted by molar-refractivity contribution is -0.131. The van der Waals surface area contributed by atoms with Crippen LogP contribution in [0.25, 0.3) is 0 Å². The summed E-state index contributed by atoms with van der Waals surface area (Å²) in [7, 11) is 1.77. The Bertz CT molecular complexity index is 665.